The lowest BCUT2D eigenvalue weighted by Gasteiger charge is -2.12. The Hall–Kier alpha value is -1.82. The zero-order chi connectivity index (χ0) is 14.4. The number of halogens is 1. The number of methoxy groups -OCH3 is 1. The summed E-state index contributed by atoms with van der Waals surface area (Å²) in [5.41, 5.74) is 0.627. The second-order valence-corrected chi connectivity index (χ2v) is 4.32. The Kier molecular flexibility index (Phi) is 5.57. The standard InChI is InChI=1S/C13H13BrO5/c1-3-19-12-9(14)6-8(7-11(12)18-2)4-5-10(15)13(16)17/h4-7H,3H2,1-2H3,(H,16,17)/b5-4+. The first kappa shape index (κ1) is 15.2. The van der Waals surface area contributed by atoms with Gasteiger partial charge in [-0.1, -0.05) is 6.08 Å². The van der Waals surface area contributed by atoms with E-state index in [0.29, 0.717) is 28.1 Å². The van der Waals surface area contributed by atoms with Gasteiger partial charge in [-0.25, -0.2) is 4.79 Å². The van der Waals surface area contributed by atoms with Gasteiger partial charge >= 0.3 is 5.97 Å². The van der Waals surface area contributed by atoms with Crippen LogP contribution >= 0.6 is 15.9 Å². The van der Waals surface area contributed by atoms with Gasteiger partial charge in [0.05, 0.1) is 18.2 Å². The number of benzene rings is 1. The third-order valence-corrected chi connectivity index (χ3v) is 2.77. The Morgan fingerprint density at radius 3 is 2.63 bits per heavy atom. The molecule has 102 valence electrons. The molecule has 1 rings (SSSR count). The summed E-state index contributed by atoms with van der Waals surface area (Å²) >= 11 is 3.34. The van der Waals surface area contributed by atoms with E-state index < -0.39 is 11.8 Å². The molecule has 1 aromatic carbocycles. The molecule has 0 atom stereocenters. The first-order valence-corrected chi connectivity index (χ1v) is 6.24. The fraction of sp³-hybridized carbons (Fsp3) is 0.231. The molecule has 0 fully saturated rings. The Morgan fingerprint density at radius 2 is 2.11 bits per heavy atom. The van der Waals surface area contributed by atoms with Crippen LogP contribution in [0.15, 0.2) is 22.7 Å². The smallest absolute Gasteiger partial charge is 0.376 e. The second kappa shape index (κ2) is 6.94. The number of hydrogen-bond donors (Lipinski definition) is 1. The molecule has 5 nitrogen and oxygen atoms in total. The van der Waals surface area contributed by atoms with Crippen molar-refractivity contribution in [3.05, 3.63) is 28.2 Å². The van der Waals surface area contributed by atoms with Gasteiger partial charge in [-0.15, -0.1) is 0 Å². The molecule has 0 radical (unpaired) electrons. The topological polar surface area (TPSA) is 72.8 Å². The fourth-order valence-electron chi connectivity index (χ4n) is 1.36. The molecule has 0 bridgehead atoms. The number of rotatable bonds is 6. The molecule has 0 heterocycles. The summed E-state index contributed by atoms with van der Waals surface area (Å²) in [4.78, 5) is 21.4. The van der Waals surface area contributed by atoms with Crippen molar-refractivity contribution in [3.8, 4) is 11.5 Å². The minimum absolute atomic E-state index is 0.488. The summed E-state index contributed by atoms with van der Waals surface area (Å²) in [6.07, 6.45) is 2.39. The summed E-state index contributed by atoms with van der Waals surface area (Å²) < 4.78 is 11.3. The highest BCUT2D eigenvalue weighted by Gasteiger charge is 2.11. The van der Waals surface area contributed by atoms with Crippen molar-refractivity contribution < 1.29 is 24.2 Å². The largest absolute Gasteiger partial charge is 0.493 e. The predicted octanol–water partition coefficient (Wildman–Crippen LogP) is 2.52. The Morgan fingerprint density at radius 1 is 1.42 bits per heavy atom. The molecule has 0 unspecified atom stereocenters. The van der Waals surface area contributed by atoms with Crippen LogP contribution < -0.4 is 9.47 Å². The van der Waals surface area contributed by atoms with E-state index in [0.717, 1.165) is 6.08 Å². The average molecular weight is 329 g/mol. The third-order valence-electron chi connectivity index (χ3n) is 2.18. The van der Waals surface area contributed by atoms with Gasteiger partial charge in [-0.05, 0) is 46.6 Å². The molecule has 1 aromatic rings. The van der Waals surface area contributed by atoms with Crippen LogP contribution in [0, 0.1) is 0 Å². The number of aliphatic carboxylic acids is 1. The van der Waals surface area contributed by atoms with Crippen LogP contribution in [0.25, 0.3) is 6.08 Å². The van der Waals surface area contributed by atoms with E-state index in [1.807, 2.05) is 6.92 Å². The lowest BCUT2D eigenvalue weighted by atomic mass is 10.1. The minimum atomic E-state index is -1.49. The summed E-state index contributed by atoms with van der Waals surface area (Å²) in [6, 6.07) is 3.36. The minimum Gasteiger partial charge on any atom is -0.493 e. The van der Waals surface area contributed by atoms with Crippen LogP contribution in [0.5, 0.6) is 11.5 Å². The van der Waals surface area contributed by atoms with E-state index in [2.05, 4.69) is 15.9 Å². The molecule has 0 aliphatic rings. The number of ether oxygens (including phenoxy) is 2. The number of carbonyl (C=O) groups is 2. The molecule has 0 aromatic heterocycles. The summed E-state index contributed by atoms with van der Waals surface area (Å²) in [7, 11) is 1.50. The summed E-state index contributed by atoms with van der Waals surface area (Å²) in [6.45, 7) is 2.34. The van der Waals surface area contributed by atoms with Crippen LogP contribution in [0.4, 0.5) is 0 Å². The number of ketones is 1. The average Bonchev–Trinajstić information content (AvgIpc) is 2.38. The van der Waals surface area contributed by atoms with Gasteiger partial charge in [-0.2, -0.15) is 0 Å². The van der Waals surface area contributed by atoms with Crippen molar-refractivity contribution in [1.29, 1.82) is 0 Å². The maximum absolute atomic E-state index is 11.0. The highest BCUT2D eigenvalue weighted by molar-refractivity contribution is 9.10. The lowest BCUT2D eigenvalue weighted by molar-refractivity contribution is -0.146. The fourth-order valence-corrected chi connectivity index (χ4v) is 1.94. The van der Waals surface area contributed by atoms with Gasteiger partial charge in [0.15, 0.2) is 11.5 Å². The molecular formula is C13H13BrO5. The zero-order valence-corrected chi connectivity index (χ0v) is 12.1. The van der Waals surface area contributed by atoms with Crippen LogP contribution in [-0.4, -0.2) is 30.6 Å². The molecule has 0 aliphatic carbocycles. The molecule has 0 amide bonds. The first-order chi connectivity index (χ1) is 8.99. The molecule has 0 spiro atoms. The quantitative estimate of drug-likeness (QED) is 0.641. The maximum atomic E-state index is 11.0. The van der Waals surface area contributed by atoms with Gasteiger partial charge in [0.2, 0.25) is 0 Å². The van der Waals surface area contributed by atoms with Crippen molar-refractivity contribution in [2.45, 2.75) is 6.92 Å². The summed E-state index contributed by atoms with van der Waals surface area (Å²) in [5.74, 6) is -1.41. The van der Waals surface area contributed by atoms with Crippen LogP contribution in [0.2, 0.25) is 0 Å². The van der Waals surface area contributed by atoms with Crippen molar-refractivity contribution in [2.75, 3.05) is 13.7 Å². The van der Waals surface area contributed by atoms with Crippen LogP contribution in [-0.2, 0) is 9.59 Å². The first-order valence-electron chi connectivity index (χ1n) is 5.45. The van der Waals surface area contributed by atoms with E-state index in [1.54, 1.807) is 12.1 Å². The van der Waals surface area contributed by atoms with Crippen molar-refractivity contribution >= 4 is 33.8 Å². The van der Waals surface area contributed by atoms with Gasteiger partial charge in [0, 0.05) is 0 Å². The second-order valence-electron chi connectivity index (χ2n) is 3.47. The Bertz CT molecular complexity index is 522. The van der Waals surface area contributed by atoms with Gasteiger partial charge in [0.1, 0.15) is 0 Å². The number of carboxylic acids is 1. The number of hydrogen-bond acceptors (Lipinski definition) is 4. The molecule has 6 heteroatoms. The Labute approximate surface area is 119 Å². The third kappa shape index (κ3) is 4.10. The molecule has 0 saturated carbocycles. The Balaban J connectivity index is 3.08. The number of carboxylic acid groups (broad SMARTS) is 1. The maximum Gasteiger partial charge on any atom is 0.376 e. The predicted molar refractivity (Wildman–Crippen MR) is 73.5 cm³/mol. The molecular weight excluding hydrogens is 316 g/mol. The van der Waals surface area contributed by atoms with Crippen molar-refractivity contribution in [2.24, 2.45) is 0 Å². The SMILES string of the molecule is CCOc1c(Br)cc(/C=C/C(=O)C(=O)O)cc1OC. The van der Waals surface area contributed by atoms with E-state index in [-0.39, 0.29) is 0 Å². The highest BCUT2D eigenvalue weighted by Crippen LogP contribution is 2.36. The highest BCUT2D eigenvalue weighted by atomic mass is 79.9. The van der Waals surface area contributed by atoms with E-state index >= 15 is 0 Å². The van der Waals surface area contributed by atoms with Crippen molar-refractivity contribution in [3.63, 3.8) is 0 Å². The zero-order valence-electron chi connectivity index (χ0n) is 10.5. The van der Waals surface area contributed by atoms with E-state index in [9.17, 15) is 9.59 Å². The van der Waals surface area contributed by atoms with Crippen LogP contribution in [0.3, 0.4) is 0 Å². The molecule has 0 aliphatic heterocycles. The molecule has 1 N–H and O–H groups in total. The van der Waals surface area contributed by atoms with Gasteiger partial charge < -0.3 is 14.6 Å². The molecule has 19 heavy (non-hydrogen) atoms. The van der Waals surface area contributed by atoms with E-state index in [1.165, 1.54) is 13.2 Å². The lowest BCUT2D eigenvalue weighted by Crippen LogP contribution is -2.08. The van der Waals surface area contributed by atoms with Crippen LogP contribution in [0.1, 0.15) is 12.5 Å². The van der Waals surface area contributed by atoms with E-state index in [4.69, 9.17) is 14.6 Å². The normalized spacial score (nSPS) is 10.5. The van der Waals surface area contributed by atoms with Gasteiger partial charge in [0.25, 0.3) is 5.78 Å². The summed E-state index contributed by atoms with van der Waals surface area (Å²) in [5, 5.41) is 8.47. The number of carbonyl (C=O) groups excluding carboxylic acids is 1. The van der Waals surface area contributed by atoms with Gasteiger partial charge in [-0.3, -0.25) is 4.79 Å². The monoisotopic (exact) mass is 328 g/mol. The molecule has 0 saturated heterocycles. The van der Waals surface area contributed by atoms with Crippen molar-refractivity contribution in [1.82, 2.24) is 0 Å².